The van der Waals surface area contributed by atoms with Gasteiger partial charge in [0.1, 0.15) is 0 Å². The standard InChI is InChI=1S/C12H24N2S/c1-4-5-8-14(11-6-7-11)12(15)13-9-10(2)3/h10-11H,4-9H2,1-3H3,(H,13,15). The van der Waals surface area contributed by atoms with Crippen LogP contribution >= 0.6 is 12.2 Å². The van der Waals surface area contributed by atoms with E-state index in [1.54, 1.807) is 0 Å². The molecule has 15 heavy (non-hydrogen) atoms. The summed E-state index contributed by atoms with van der Waals surface area (Å²) in [6.07, 6.45) is 5.15. The Hall–Kier alpha value is -0.310. The summed E-state index contributed by atoms with van der Waals surface area (Å²) < 4.78 is 0. The molecule has 0 unspecified atom stereocenters. The van der Waals surface area contributed by atoms with Crippen LogP contribution in [0.1, 0.15) is 46.5 Å². The fourth-order valence-corrected chi connectivity index (χ4v) is 1.88. The molecule has 0 radical (unpaired) electrons. The number of unbranched alkanes of at least 4 members (excludes halogenated alkanes) is 1. The van der Waals surface area contributed by atoms with Crippen molar-refractivity contribution in [1.82, 2.24) is 10.2 Å². The first-order valence-corrected chi connectivity index (χ1v) is 6.60. The van der Waals surface area contributed by atoms with E-state index in [1.165, 1.54) is 25.7 Å². The Morgan fingerprint density at radius 3 is 2.60 bits per heavy atom. The summed E-state index contributed by atoms with van der Waals surface area (Å²) in [6, 6.07) is 0.740. The van der Waals surface area contributed by atoms with Gasteiger partial charge in [-0.05, 0) is 37.4 Å². The minimum Gasteiger partial charge on any atom is -0.362 e. The van der Waals surface area contributed by atoms with E-state index in [0.717, 1.165) is 24.2 Å². The summed E-state index contributed by atoms with van der Waals surface area (Å²) in [4.78, 5) is 2.39. The normalized spacial score (nSPS) is 15.5. The maximum atomic E-state index is 5.44. The zero-order valence-corrected chi connectivity index (χ0v) is 11.1. The molecule has 1 saturated carbocycles. The third-order valence-electron chi connectivity index (χ3n) is 2.66. The molecule has 0 heterocycles. The first-order valence-electron chi connectivity index (χ1n) is 6.19. The van der Waals surface area contributed by atoms with Crippen molar-refractivity contribution in [3.05, 3.63) is 0 Å². The maximum Gasteiger partial charge on any atom is 0.169 e. The smallest absolute Gasteiger partial charge is 0.169 e. The van der Waals surface area contributed by atoms with Crippen molar-refractivity contribution >= 4 is 17.3 Å². The lowest BCUT2D eigenvalue weighted by Gasteiger charge is -2.26. The molecule has 2 nitrogen and oxygen atoms in total. The lowest BCUT2D eigenvalue weighted by atomic mass is 10.2. The van der Waals surface area contributed by atoms with Crippen molar-refractivity contribution in [3.63, 3.8) is 0 Å². The highest BCUT2D eigenvalue weighted by atomic mass is 32.1. The number of hydrogen-bond acceptors (Lipinski definition) is 1. The molecule has 1 fully saturated rings. The second-order valence-corrected chi connectivity index (χ2v) is 5.24. The van der Waals surface area contributed by atoms with Crippen molar-refractivity contribution in [2.24, 2.45) is 5.92 Å². The molecule has 88 valence electrons. The Kier molecular flexibility index (Phi) is 5.37. The summed E-state index contributed by atoms with van der Waals surface area (Å²) in [5.41, 5.74) is 0. The summed E-state index contributed by atoms with van der Waals surface area (Å²) in [5, 5.41) is 4.34. The highest BCUT2D eigenvalue weighted by molar-refractivity contribution is 7.80. The molecular formula is C12H24N2S. The van der Waals surface area contributed by atoms with Gasteiger partial charge < -0.3 is 10.2 Å². The Morgan fingerprint density at radius 1 is 1.47 bits per heavy atom. The number of thiocarbonyl (C=S) groups is 1. The molecular weight excluding hydrogens is 204 g/mol. The van der Waals surface area contributed by atoms with Crippen molar-refractivity contribution in [2.75, 3.05) is 13.1 Å². The van der Waals surface area contributed by atoms with Gasteiger partial charge in [-0.25, -0.2) is 0 Å². The van der Waals surface area contributed by atoms with E-state index in [2.05, 4.69) is 31.0 Å². The monoisotopic (exact) mass is 228 g/mol. The third-order valence-corrected chi connectivity index (χ3v) is 3.04. The molecule has 0 aromatic rings. The molecule has 3 heteroatoms. The largest absolute Gasteiger partial charge is 0.362 e. The summed E-state index contributed by atoms with van der Waals surface area (Å²) in [5.74, 6) is 0.662. The van der Waals surface area contributed by atoms with E-state index >= 15 is 0 Å². The summed E-state index contributed by atoms with van der Waals surface area (Å²) in [7, 11) is 0. The Balaban J connectivity index is 2.30. The van der Waals surface area contributed by atoms with Gasteiger partial charge in [0.25, 0.3) is 0 Å². The minimum atomic E-state index is 0.662. The minimum absolute atomic E-state index is 0.662. The quantitative estimate of drug-likeness (QED) is 0.704. The van der Waals surface area contributed by atoms with Gasteiger partial charge in [0, 0.05) is 19.1 Å². The Labute approximate surface area is 99.4 Å². The van der Waals surface area contributed by atoms with Crippen molar-refractivity contribution in [1.29, 1.82) is 0 Å². The van der Waals surface area contributed by atoms with E-state index in [1.807, 2.05) is 0 Å². The number of rotatable bonds is 6. The van der Waals surface area contributed by atoms with Crippen LogP contribution in [0.15, 0.2) is 0 Å². The van der Waals surface area contributed by atoms with E-state index in [0.29, 0.717) is 5.92 Å². The second kappa shape index (κ2) is 6.31. The van der Waals surface area contributed by atoms with Crippen LogP contribution in [-0.4, -0.2) is 29.1 Å². The highest BCUT2D eigenvalue weighted by Crippen LogP contribution is 2.27. The average Bonchev–Trinajstić information content (AvgIpc) is 2.99. The highest BCUT2D eigenvalue weighted by Gasteiger charge is 2.30. The van der Waals surface area contributed by atoms with Crippen LogP contribution < -0.4 is 5.32 Å². The van der Waals surface area contributed by atoms with E-state index in [-0.39, 0.29) is 0 Å². The Morgan fingerprint density at radius 2 is 2.13 bits per heavy atom. The van der Waals surface area contributed by atoms with Gasteiger partial charge in [-0.15, -0.1) is 0 Å². The predicted octanol–water partition coefficient (Wildman–Crippen LogP) is 2.78. The third kappa shape index (κ3) is 4.83. The zero-order chi connectivity index (χ0) is 11.3. The molecule has 1 aliphatic carbocycles. The van der Waals surface area contributed by atoms with Crippen LogP contribution in [-0.2, 0) is 0 Å². The van der Waals surface area contributed by atoms with Gasteiger partial charge in [-0.2, -0.15) is 0 Å². The summed E-state index contributed by atoms with van der Waals surface area (Å²) >= 11 is 5.44. The predicted molar refractivity (Wildman–Crippen MR) is 70.1 cm³/mol. The van der Waals surface area contributed by atoms with Crippen LogP contribution in [0.25, 0.3) is 0 Å². The Bertz CT molecular complexity index is 200. The fraction of sp³-hybridized carbons (Fsp3) is 0.917. The first kappa shape index (κ1) is 12.8. The number of nitrogens with zero attached hydrogens (tertiary/aromatic N) is 1. The van der Waals surface area contributed by atoms with Gasteiger partial charge in [-0.1, -0.05) is 27.2 Å². The lowest BCUT2D eigenvalue weighted by Crippen LogP contribution is -2.42. The number of nitrogens with one attached hydrogen (secondary N) is 1. The fourth-order valence-electron chi connectivity index (χ4n) is 1.56. The molecule has 1 rings (SSSR count). The molecule has 0 amide bonds. The molecule has 0 aliphatic heterocycles. The van der Waals surface area contributed by atoms with Crippen molar-refractivity contribution in [2.45, 2.75) is 52.5 Å². The first-order chi connectivity index (χ1) is 7.15. The van der Waals surface area contributed by atoms with Crippen LogP contribution in [0, 0.1) is 5.92 Å². The van der Waals surface area contributed by atoms with Gasteiger partial charge in [-0.3, -0.25) is 0 Å². The van der Waals surface area contributed by atoms with Crippen molar-refractivity contribution in [3.8, 4) is 0 Å². The molecule has 0 atom stereocenters. The maximum absolute atomic E-state index is 5.44. The average molecular weight is 228 g/mol. The molecule has 1 N–H and O–H groups in total. The van der Waals surface area contributed by atoms with Gasteiger partial charge >= 0.3 is 0 Å². The molecule has 0 aromatic heterocycles. The van der Waals surface area contributed by atoms with Crippen LogP contribution in [0.5, 0.6) is 0 Å². The SMILES string of the molecule is CCCCN(C(=S)NCC(C)C)C1CC1. The van der Waals surface area contributed by atoms with Crippen LogP contribution in [0.2, 0.25) is 0 Å². The van der Waals surface area contributed by atoms with E-state index in [9.17, 15) is 0 Å². The van der Waals surface area contributed by atoms with Crippen LogP contribution in [0.4, 0.5) is 0 Å². The number of hydrogen-bond donors (Lipinski definition) is 1. The van der Waals surface area contributed by atoms with Gasteiger partial charge in [0.05, 0.1) is 0 Å². The second-order valence-electron chi connectivity index (χ2n) is 4.86. The van der Waals surface area contributed by atoms with Crippen molar-refractivity contribution < 1.29 is 0 Å². The zero-order valence-electron chi connectivity index (χ0n) is 10.3. The van der Waals surface area contributed by atoms with E-state index in [4.69, 9.17) is 12.2 Å². The molecule has 0 bridgehead atoms. The molecule has 1 aliphatic rings. The molecule has 0 aromatic carbocycles. The molecule has 0 saturated heterocycles. The molecule has 0 spiro atoms. The topological polar surface area (TPSA) is 15.3 Å². The van der Waals surface area contributed by atoms with Gasteiger partial charge in [0.2, 0.25) is 0 Å². The summed E-state index contributed by atoms with van der Waals surface area (Å²) in [6.45, 7) is 8.78. The lowest BCUT2D eigenvalue weighted by molar-refractivity contribution is 0.389. The van der Waals surface area contributed by atoms with Crippen LogP contribution in [0.3, 0.4) is 0 Å². The van der Waals surface area contributed by atoms with E-state index < -0.39 is 0 Å². The van der Waals surface area contributed by atoms with Gasteiger partial charge in [0.15, 0.2) is 5.11 Å².